The highest BCUT2D eigenvalue weighted by molar-refractivity contribution is 9.08. The van der Waals surface area contributed by atoms with E-state index in [-0.39, 0.29) is 23.3 Å². The van der Waals surface area contributed by atoms with Crippen LogP contribution in [-0.4, -0.2) is 12.1 Å². The van der Waals surface area contributed by atoms with Crippen LogP contribution in [0.15, 0.2) is 6.07 Å². The molecule has 0 N–H and O–H groups in total. The zero-order valence-corrected chi connectivity index (χ0v) is 10.1. The van der Waals surface area contributed by atoms with E-state index in [2.05, 4.69) is 20.9 Å². The highest BCUT2D eigenvalue weighted by Gasteiger charge is 2.19. The number of methoxy groups -OCH3 is 1. The maximum Gasteiger partial charge on any atom is 0.280 e. The monoisotopic (exact) mass is 290 g/mol. The number of alkyl halides is 3. The van der Waals surface area contributed by atoms with E-state index >= 15 is 0 Å². The van der Waals surface area contributed by atoms with Crippen LogP contribution in [0.1, 0.15) is 23.2 Å². The van der Waals surface area contributed by atoms with E-state index in [1.807, 2.05) is 6.07 Å². The number of nitriles is 1. The van der Waals surface area contributed by atoms with E-state index in [4.69, 9.17) is 10.00 Å². The van der Waals surface area contributed by atoms with Gasteiger partial charge in [-0.3, -0.25) is 0 Å². The van der Waals surface area contributed by atoms with Crippen LogP contribution >= 0.6 is 15.9 Å². The lowest BCUT2D eigenvalue weighted by molar-refractivity contribution is 0.144. The van der Waals surface area contributed by atoms with Crippen LogP contribution in [0.3, 0.4) is 0 Å². The fourth-order valence-corrected chi connectivity index (χ4v) is 1.95. The standard InChI is InChI=1S/C10H9BrF2N2O/c1-16-8-4-6(2-3-14)7(5-11)9(15-8)10(12)13/h4,10H,2,5H2,1H3. The SMILES string of the molecule is COc1cc(CC#N)c(CBr)c(C(F)F)n1. The summed E-state index contributed by atoms with van der Waals surface area (Å²) in [4.78, 5) is 3.69. The van der Waals surface area contributed by atoms with Gasteiger partial charge >= 0.3 is 0 Å². The predicted octanol–water partition coefficient (Wildman–Crippen LogP) is 2.99. The smallest absolute Gasteiger partial charge is 0.280 e. The molecule has 3 nitrogen and oxygen atoms in total. The molecule has 0 fully saturated rings. The number of aromatic nitrogens is 1. The molecule has 0 aliphatic heterocycles. The average Bonchev–Trinajstić information content (AvgIpc) is 2.28. The quantitative estimate of drug-likeness (QED) is 0.801. The lowest BCUT2D eigenvalue weighted by atomic mass is 10.1. The van der Waals surface area contributed by atoms with Crippen LogP contribution in [0.25, 0.3) is 0 Å². The molecule has 0 aromatic carbocycles. The highest BCUT2D eigenvalue weighted by atomic mass is 79.9. The van der Waals surface area contributed by atoms with E-state index in [1.165, 1.54) is 13.2 Å². The molecule has 0 unspecified atom stereocenters. The van der Waals surface area contributed by atoms with Crippen LogP contribution in [-0.2, 0) is 11.8 Å². The first-order chi connectivity index (χ1) is 7.63. The molecule has 0 aliphatic rings. The molecule has 0 saturated heterocycles. The number of nitrogens with zero attached hydrogens (tertiary/aromatic N) is 2. The van der Waals surface area contributed by atoms with Gasteiger partial charge in [0.15, 0.2) is 0 Å². The van der Waals surface area contributed by atoms with Crippen molar-refractivity contribution in [3.8, 4) is 11.9 Å². The first-order valence-electron chi connectivity index (χ1n) is 4.41. The van der Waals surface area contributed by atoms with E-state index < -0.39 is 6.43 Å². The van der Waals surface area contributed by atoms with Gasteiger partial charge in [-0.2, -0.15) is 5.26 Å². The minimum absolute atomic E-state index is 0.0551. The molecule has 1 aromatic heterocycles. The van der Waals surface area contributed by atoms with Gasteiger partial charge in [-0.1, -0.05) is 15.9 Å². The minimum Gasteiger partial charge on any atom is -0.481 e. The van der Waals surface area contributed by atoms with Gasteiger partial charge in [0.2, 0.25) is 5.88 Å². The molecular weight excluding hydrogens is 282 g/mol. The van der Waals surface area contributed by atoms with Gasteiger partial charge < -0.3 is 4.74 Å². The van der Waals surface area contributed by atoms with E-state index in [0.717, 1.165) is 0 Å². The summed E-state index contributed by atoms with van der Waals surface area (Å²) in [5, 5.41) is 8.86. The van der Waals surface area contributed by atoms with Crippen molar-refractivity contribution in [1.29, 1.82) is 5.26 Å². The Morgan fingerprint density at radius 1 is 1.62 bits per heavy atom. The van der Waals surface area contributed by atoms with Crippen LogP contribution in [0.2, 0.25) is 0 Å². The lowest BCUT2D eigenvalue weighted by Crippen LogP contribution is -2.04. The van der Waals surface area contributed by atoms with Gasteiger partial charge in [0, 0.05) is 11.4 Å². The van der Waals surface area contributed by atoms with Gasteiger partial charge in [-0.25, -0.2) is 13.8 Å². The summed E-state index contributed by atoms with van der Waals surface area (Å²) in [7, 11) is 1.35. The van der Waals surface area contributed by atoms with E-state index in [0.29, 0.717) is 11.1 Å². The van der Waals surface area contributed by atoms with Crippen molar-refractivity contribution >= 4 is 15.9 Å². The molecule has 86 valence electrons. The summed E-state index contributed by atoms with van der Waals surface area (Å²) in [5.41, 5.74) is 0.542. The third-order valence-corrected chi connectivity index (χ3v) is 2.60. The molecule has 1 rings (SSSR count). The minimum atomic E-state index is -2.68. The van der Waals surface area contributed by atoms with Gasteiger partial charge in [-0.15, -0.1) is 0 Å². The Kier molecular flexibility index (Phi) is 4.62. The Morgan fingerprint density at radius 2 is 2.31 bits per heavy atom. The Hall–Kier alpha value is -1.22. The Morgan fingerprint density at radius 3 is 2.75 bits per heavy atom. The second-order valence-corrected chi connectivity index (χ2v) is 3.52. The average molecular weight is 291 g/mol. The molecule has 0 spiro atoms. The third kappa shape index (κ3) is 2.67. The van der Waals surface area contributed by atoms with Crippen LogP contribution in [0.5, 0.6) is 5.88 Å². The zero-order chi connectivity index (χ0) is 12.1. The maximum absolute atomic E-state index is 12.7. The van der Waals surface area contributed by atoms with Crippen molar-refractivity contribution in [2.45, 2.75) is 18.2 Å². The lowest BCUT2D eigenvalue weighted by Gasteiger charge is -2.11. The largest absolute Gasteiger partial charge is 0.481 e. The van der Waals surface area contributed by atoms with Gasteiger partial charge in [0.05, 0.1) is 19.6 Å². The number of hydrogen-bond donors (Lipinski definition) is 0. The topological polar surface area (TPSA) is 45.9 Å². The van der Waals surface area contributed by atoms with E-state index in [1.54, 1.807) is 0 Å². The number of pyridine rings is 1. The fourth-order valence-electron chi connectivity index (χ4n) is 1.30. The number of hydrogen-bond acceptors (Lipinski definition) is 3. The molecule has 0 radical (unpaired) electrons. The number of halogens is 3. The van der Waals surface area contributed by atoms with Gasteiger partial charge in [-0.05, 0) is 11.1 Å². The first kappa shape index (κ1) is 12.8. The molecule has 0 bridgehead atoms. The highest BCUT2D eigenvalue weighted by Crippen LogP contribution is 2.28. The summed E-state index contributed by atoms with van der Waals surface area (Å²) < 4.78 is 30.3. The van der Waals surface area contributed by atoms with Gasteiger partial charge in [0.1, 0.15) is 5.69 Å². The second-order valence-electron chi connectivity index (χ2n) is 2.96. The molecule has 6 heteroatoms. The summed E-state index contributed by atoms with van der Waals surface area (Å²) in [6.45, 7) is 0. The van der Waals surface area contributed by atoms with Crippen molar-refractivity contribution in [3.05, 3.63) is 22.9 Å². The fraction of sp³-hybridized carbons (Fsp3) is 0.400. The van der Waals surface area contributed by atoms with Gasteiger partial charge in [0.25, 0.3) is 6.43 Å². The predicted molar refractivity (Wildman–Crippen MR) is 57.7 cm³/mol. The molecule has 0 atom stereocenters. The summed E-state index contributed by atoms with van der Waals surface area (Å²) in [6, 6.07) is 3.43. The molecular formula is C10H9BrF2N2O. The van der Waals surface area contributed by atoms with Crippen LogP contribution in [0.4, 0.5) is 8.78 Å². The van der Waals surface area contributed by atoms with E-state index in [9.17, 15) is 8.78 Å². The van der Waals surface area contributed by atoms with Crippen molar-refractivity contribution < 1.29 is 13.5 Å². The Labute approximate surface area is 100 Å². The molecule has 0 aliphatic carbocycles. The molecule has 16 heavy (non-hydrogen) atoms. The second kappa shape index (κ2) is 5.75. The summed E-state index contributed by atoms with van der Waals surface area (Å²) in [5.74, 6) is 0.102. The third-order valence-electron chi connectivity index (χ3n) is 2.04. The molecule has 1 heterocycles. The number of ether oxygens (including phenoxy) is 1. The Bertz CT molecular complexity index is 418. The maximum atomic E-state index is 12.7. The van der Waals surface area contributed by atoms with Crippen molar-refractivity contribution in [1.82, 2.24) is 4.98 Å². The molecule has 1 aromatic rings. The Balaban J connectivity index is 3.35. The van der Waals surface area contributed by atoms with Crippen molar-refractivity contribution in [2.24, 2.45) is 0 Å². The van der Waals surface area contributed by atoms with Crippen LogP contribution < -0.4 is 4.74 Å². The summed E-state index contributed by atoms with van der Waals surface area (Å²) >= 11 is 3.12. The summed E-state index contributed by atoms with van der Waals surface area (Å²) in [6.07, 6.45) is -2.63. The molecule has 0 amide bonds. The van der Waals surface area contributed by atoms with Crippen molar-refractivity contribution in [3.63, 3.8) is 0 Å². The first-order valence-corrected chi connectivity index (χ1v) is 5.54. The van der Waals surface area contributed by atoms with Crippen LogP contribution in [0, 0.1) is 11.3 Å². The van der Waals surface area contributed by atoms with Crippen molar-refractivity contribution in [2.75, 3.05) is 7.11 Å². The molecule has 0 saturated carbocycles. The normalized spacial score (nSPS) is 10.2. The zero-order valence-electron chi connectivity index (χ0n) is 8.51. The number of rotatable bonds is 4.